The van der Waals surface area contributed by atoms with Crippen molar-refractivity contribution in [2.45, 2.75) is 6.54 Å². The van der Waals surface area contributed by atoms with Gasteiger partial charge in [0, 0.05) is 24.3 Å². The molecule has 30 heavy (non-hydrogen) atoms. The molecule has 1 aromatic carbocycles. The molecule has 0 unspecified atom stereocenters. The van der Waals surface area contributed by atoms with Crippen molar-refractivity contribution in [3.8, 4) is 5.69 Å². The van der Waals surface area contributed by atoms with Crippen LogP contribution in [0.5, 0.6) is 0 Å². The molecular weight excluding hydrogens is 384 g/mol. The van der Waals surface area contributed by atoms with Crippen molar-refractivity contribution < 1.29 is 4.79 Å². The van der Waals surface area contributed by atoms with Crippen LogP contribution in [0.1, 0.15) is 5.69 Å². The summed E-state index contributed by atoms with van der Waals surface area (Å²) in [6.45, 7) is 0.504. The number of pyridine rings is 1. The molecule has 0 spiro atoms. The van der Waals surface area contributed by atoms with Crippen LogP contribution >= 0.6 is 0 Å². The predicted molar refractivity (Wildman–Crippen MR) is 108 cm³/mol. The quantitative estimate of drug-likeness (QED) is 0.467. The summed E-state index contributed by atoms with van der Waals surface area (Å²) in [6, 6.07) is 12.6. The van der Waals surface area contributed by atoms with E-state index in [1.54, 1.807) is 41.3 Å². The smallest absolute Gasteiger partial charge is 0.308 e. The maximum atomic E-state index is 12.3. The third-order valence-corrected chi connectivity index (χ3v) is 4.37. The van der Waals surface area contributed by atoms with Gasteiger partial charge in [0.25, 0.3) is 0 Å². The molecular formula is C19H16N10O. The van der Waals surface area contributed by atoms with Crippen molar-refractivity contribution >= 4 is 23.1 Å². The molecule has 11 heteroatoms. The molecule has 2 N–H and O–H groups in total. The Balaban J connectivity index is 1.20. The summed E-state index contributed by atoms with van der Waals surface area (Å²) in [5.74, 6) is 0. The van der Waals surface area contributed by atoms with Crippen molar-refractivity contribution in [2.24, 2.45) is 0 Å². The van der Waals surface area contributed by atoms with Gasteiger partial charge in [-0.05, 0) is 46.8 Å². The number of hydrogen-bond donors (Lipinski definition) is 2. The van der Waals surface area contributed by atoms with Gasteiger partial charge in [0.1, 0.15) is 12.0 Å². The molecule has 4 aromatic heterocycles. The second-order valence-electron chi connectivity index (χ2n) is 6.51. The molecule has 0 bridgehead atoms. The van der Waals surface area contributed by atoms with Crippen molar-refractivity contribution in [1.29, 1.82) is 0 Å². The number of nitrogens with zero attached hydrogens (tertiary/aromatic N) is 8. The molecule has 0 aliphatic heterocycles. The second kappa shape index (κ2) is 7.47. The van der Waals surface area contributed by atoms with Gasteiger partial charge >= 0.3 is 6.03 Å². The summed E-state index contributed by atoms with van der Waals surface area (Å²) >= 11 is 0. The predicted octanol–water partition coefficient (Wildman–Crippen LogP) is 2.20. The van der Waals surface area contributed by atoms with E-state index in [9.17, 15) is 4.79 Å². The van der Waals surface area contributed by atoms with E-state index in [1.807, 2.05) is 35.0 Å². The SMILES string of the molecule is O=C(Nc1ccc(-n2cnnn2)cc1)Nc1cnn(Cc2cn3ccccc3n2)c1. The highest BCUT2D eigenvalue weighted by atomic mass is 16.2. The standard InChI is InChI=1S/C19H16N10O/c30-19(23-14-4-6-17(7-5-14)29-13-20-25-26-29)24-15-9-21-28(11-15)12-16-10-27-8-2-1-3-18(27)22-16/h1-11,13H,12H2,(H2,23,24,30). The number of nitrogens with one attached hydrogen (secondary N) is 2. The lowest BCUT2D eigenvalue weighted by molar-refractivity contribution is 0.262. The lowest BCUT2D eigenvalue weighted by Crippen LogP contribution is -2.19. The lowest BCUT2D eigenvalue weighted by atomic mass is 10.3. The lowest BCUT2D eigenvalue weighted by Gasteiger charge is -2.06. The maximum absolute atomic E-state index is 12.3. The Labute approximate surface area is 170 Å². The first-order valence-electron chi connectivity index (χ1n) is 9.09. The van der Waals surface area contributed by atoms with Gasteiger partial charge in [-0.15, -0.1) is 5.10 Å². The second-order valence-corrected chi connectivity index (χ2v) is 6.51. The first-order valence-corrected chi connectivity index (χ1v) is 9.09. The summed E-state index contributed by atoms with van der Waals surface area (Å²) in [5, 5.41) is 20.8. The molecule has 11 nitrogen and oxygen atoms in total. The van der Waals surface area contributed by atoms with Gasteiger partial charge in [-0.2, -0.15) is 5.10 Å². The zero-order valence-electron chi connectivity index (χ0n) is 15.6. The number of urea groups is 1. The minimum absolute atomic E-state index is 0.363. The number of imidazole rings is 1. The fourth-order valence-electron chi connectivity index (χ4n) is 3.01. The van der Waals surface area contributed by atoms with E-state index in [0.29, 0.717) is 17.9 Å². The van der Waals surface area contributed by atoms with Gasteiger partial charge < -0.3 is 15.0 Å². The summed E-state index contributed by atoms with van der Waals surface area (Å²) in [6.07, 6.45) is 8.75. The number of rotatable bonds is 5. The average molecular weight is 400 g/mol. The molecule has 4 heterocycles. The van der Waals surface area contributed by atoms with Gasteiger partial charge in [0.2, 0.25) is 0 Å². The number of hydrogen-bond acceptors (Lipinski definition) is 6. The Morgan fingerprint density at radius 3 is 2.67 bits per heavy atom. The van der Waals surface area contributed by atoms with Crippen molar-refractivity contribution in [1.82, 2.24) is 39.4 Å². The van der Waals surface area contributed by atoms with E-state index < -0.39 is 0 Å². The topological polar surface area (TPSA) is 120 Å². The molecule has 0 fully saturated rings. The van der Waals surface area contributed by atoms with E-state index in [2.05, 4.69) is 36.2 Å². The molecule has 0 radical (unpaired) electrons. The number of anilines is 2. The van der Waals surface area contributed by atoms with Crippen LogP contribution < -0.4 is 10.6 Å². The van der Waals surface area contributed by atoms with E-state index in [0.717, 1.165) is 17.0 Å². The zero-order valence-corrected chi connectivity index (χ0v) is 15.6. The Morgan fingerprint density at radius 1 is 1.00 bits per heavy atom. The largest absolute Gasteiger partial charge is 0.323 e. The minimum Gasteiger partial charge on any atom is -0.308 e. The summed E-state index contributed by atoms with van der Waals surface area (Å²) in [7, 11) is 0. The Morgan fingerprint density at radius 2 is 1.87 bits per heavy atom. The molecule has 0 aliphatic carbocycles. The number of fused-ring (bicyclic) bond motifs is 1. The highest BCUT2D eigenvalue weighted by Crippen LogP contribution is 2.13. The molecule has 5 rings (SSSR count). The van der Waals surface area contributed by atoms with Crippen LogP contribution in [0.2, 0.25) is 0 Å². The maximum Gasteiger partial charge on any atom is 0.323 e. The normalized spacial score (nSPS) is 10.9. The molecule has 0 saturated heterocycles. The number of tetrazole rings is 1. The first-order chi connectivity index (χ1) is 14.7. The van der Waals surface area contributed by atoms with Crippen LogP contribution in [0.25, 0.3) is 11.3 Å². The van der Waals surface area contributed by atoms with Gasteiger partial charge in [0.05, 0.1) is 29.8 Å². The minimum atomic E-state index is -0.363. The Kier molecular flexibility index (Phi) is 4.37. The molecule has 5 aromatic rings. The third-order valence-electron chi connectivity index (χ3n) is 4.37. The molecule has 148 valence electrons. The van der Waals surface area contributed by atoms with Gasteiger partial charge in [-0.1, -0.05) is 6.07 Å². The highest BCUT2D eigenvalue weighted by molar-refractivity contribution is 5.99. The van der Waals surface area contributed by atoms with Crippen LogP contribution in [0.4, 0.5) is 16.2 Å². The Hall–Kier alpha value is -4.54. The molecule has 0 atom stereocenters. The van der Waals surface area contributed by atoms with Crippen molar-refractivity contribution in [2.75, 3.05) is 10.6 Å². The zero-order chi connectivity index (χ0) is 20.3. The van der Waals surface area contributed by atoms with Crippen LogP contribution in [-0.4, -0.2) is 45.4 Å². The molecule has 2 amide bonds. The van der Waals surface area contributed by atoms with Crippen LogP contribution in [0.15, 0.2) is 73.6 Å². The number of aromatic nitrogens is 8. The number of carbonyl (C=O) groups excluding carboxylic acids is 1. The van der Waals surface area contributed by atoms with Crippen LogP contribution in [0, 0.1) is 0 Å². The molecule has 0 aliphatic rings. The van der Waals surface area contributed by atoms with Gasteiger partial charge in [-0.25, -0.2) is 14.5 Å². The van der Waals surface area contributed by atoms with Crippen molar-refractivity contribution in [3.63, 3.8) is 0 Å². The fraction of sp³-hybridized carbons (Fsp3) is 0.0526. The summed E-state index contributed by atoms with van der Waals surface area (Å²) in [5.41, 5.74) is 3.77. The fourth-order valence-corrected chi connectivity index (χ4v) is 3.01. The third kappa shape index (κ3) is 3.71. The number of carbonyl (C=O) groups is 1. The van der Waals surface area contributed by atoms with E-state index >= 15 is 0 Å². The van der Waals surface area contributed by atoms with Crippen LogP contribution in [-0.2, 0) is 6.54 Å². The monoisotopic (exact) mass is 400 g/mol. The number of benzene rings is 1. The van der Waals surface area contributed by atoms with E-state index in [1.165, 1.54) is 11.0 Å². The molecule has 0 saturated carbocycles. The van der Waals surface area contributed by atoms with Gasteiger partial charge in [-0.3, -0.25) is 4.68 Å². The first kappa shape index (κ1) is 17.6. The summed E-state index contributed by atoms with van der Waals surface area (Å²) < 4.78 is 5.20. The van der Waals surface area contributed by atoms with E-state index in [4.69, 9.17) is 0 Å². The van der Waals surface area contributed by atoms with Crippen molar-refractivity contribution in [3.05, 3.63) is 79.3 Å². The summed E-state index contributed by atoms with van der Waals surface area (Å²) in [4.78, 5) is 16.8. The van der Waals surface area contributed by atoms with Gasteiger partial charge in [0.15, 0.2) is 0 Å². The Bertz CT molecular complexity index is 1250. The van der Waals surface area contributed by atoms with Crippen LogP contribution in [0.3, 0.4) is 0 Å². The highest BCUT2D eigenvalue weighted by Gasteiger charge is 2.07. The van der Waals surface area contributed by atoms with E-state index in [-0.39, 0.29) is 6.03 Å². The average Bonchev–Trinajstić information content (AvgIpc) is 3.49. The number of amides is 2.